The molecule has 0 bridgehead atoms. The first-order valence-electron chi connectivity index (χ1n) is 11.5. The Morgan fingerprint density at radius 1 is 1.17 bits per heavy atom. The van der Waals surface area contributed by atoms with E-state index in [1.165, 1.54) is 30.3 Å². The van der Waals surface area contributed by atoms with E-state index in [4.69, 9.17) is 5.73 Å². The molecule has 0 radical (unpaired) electrons. The summed E-state index contributed by atoms with van der Waals surface area (Å²) in [7, 11) is 0. The first-order chi connectivity index (χ1) is 16.7. The van der Waals surface area contributed by atoms with Crippen molar-refractivity contribution in [2.45, 2.75) is 50.7 Å². The summed E-state index contributed by atoms with van der Waals surface area (Å²) in [5.41, 5.74) is 8.23. The average Bonchev–Trinajstić information content (AvgIpc) is 2.82. The number of aliphatic hydroxyl groups is 2. The number of hydrogen-bond donors (Lipinski definition) is 4. The second-order valence-corrected chi connectivity index (χ2v) is 9.00. The van der Waals surface area contributed by atoms with Crippen LogP contribution in [-0.4, -0.2) is 38.8 Å². The van der Waals surface area contributed by atoms with Crippen LogP contribution in [0.25, 0.3) is 11.3 Å². The molecule has 0 unspecified atom stereocenters. The van der Waals surface area contributed by atoms with Gasteiger partial charge in [0.2, 0.25) is 0 Å². The monoisotopic (exact) mass is 482 g/mol. The predicted octanol–water partition coefficient (Wildman–Crippen LogP) is 3.79. The number of aryl methyl sites for hydroxylation is 1. The molecule has 0 aliphatic heterocycles. The highest BCUT2D eigenvalue weighted by atomic mass is 19.1. The van der Waals surface area contributed by atoms with Crippen molar-refractivity contribution in [1.82, 2.24) is 15.3 Å². The molecule has 1 aromatic heterocycles. The summed E-state index contributed by atoms with van der Waals surface area (Å²) < 4.78 is 28.8. The summed E-state index contributed by atoms with van der Waals surface area (Å²) in [4.78, 5) is 21.6. The third-order valence-electron chi connectivity index (χ3n) is 6.38. The van der Waals surface area contributed by atoms with Gasteiger partial charge in [-0.05, 0) is 68.0 Å². The van der Waals surface area contributed by atoms with Gasteiger partial charge in [0.25, 0.3) is 5.91 Å². The number of nitrogens with zero attached hydrogens (tertiary/aromatic N) is 2. The second-order valence-electron chi connectivity index (χ2n) is 9.00. The van der Waals surface area contributed by atoms with E-state index in [9.17, 15) is 19.4 Å². The molecule has 35 heavy (non-hydrogen) atoms. The van der Waals surface area contributed by atoms with Crippen LogP contribution in [0, 0.1) is 18.6 Å². The lowest BCUT2D eigenvalue weighted by Crippen LogP contribution is -2.31. The number of carbonyl (C=O) groups excluding carboxylic acids is 1. The van der Waals surface area contributed by atoms with Crippen molar-refractivity contribution in [3.63, 3.8) is 0 Å². The molecule has 0 saturated heterocycles. The number of rotatable bonds is 6. The van der Waals surface area contributed by atoms with Crippen LogP contribution in [0.3, 0.4) is 0 Å². The highest BCUT2D eigenvalue weighted by Crippen LogP contribution is 2.34. The topological polar surface area (TPSA) is 121 Å². The van der Waals surface area contributed by atoms with Gasteiger partial charge in [-0.25, -0.2) is 18.7 Å². The molecule has 1 amide bonds. The number of anilines is 1. The Balaban J connectivity index is 1.55. The minimum Gasteiger partial charge on any atom is -0.394 e. The van der Waals surface area contributed by atoms with Crippen LogP contribution in [-0.2, 0) is 0 Å². The molecule has 9 heteroatoms. The standard InChI is InChI=1S/C26H28F2N4O3/c1-14-8-17(10-18(27)9-14)23(13-33)32-26(35)20-7-4-16(11-21(20)28)24-25(29)30-12-22(31-24)15-2-5-19(34)6-3-15/h4,7-12,15,19,23,33-34H,2-3,5-6,13H2,1H3,(H2,29,30)(H,32,35)/t15?,19?,23-/m1/s1. The number of nitrogens with one attached hydrogen (secondary N) is 1. The zero-order chi connectivity index (χ0) is 25.1. The maximum atomic E-state index is 15.0. The lowest BCUT2D eigenvalue weighted by molar-refractivity contribution is 0.0912. The molecule has 1 fully saturated rings. The summed E-state index contributed by atoms with van der Waals surface area (Å²) in [6.07, 6.45) is 4.26. The molecule has 0 spiro atoms. The van der Waals surface area contributed by atoms with Crippen LogP contribution in [0.15, 0.2) is 42.6 Å². The maximum absolute atomic E-state index is 15.0. The Morgan fingerprint density at radius 2 is 1.91 bits per heavy atom. The van der Waals surface area contributed by atoms with Crippen LogP contribution >= 0.6 is 0 Å². The SMILES string of the molecule is Cc1cc(F)cc([C@@H](CO)NC(=O)c2ccc(-c3nc(C4CCC(O)CC4)cnc3N)cc2F)c1. The van der Waals surface area contributed by atoms with E-state index in [0.29, 0.717) is 35.2 Å². The lowest BCUT2D eigenvalue weighted by Gasteiger charge is -2.25. The summed E-state index contributed by atoms with van der Waals surface area (Å²) in [6.45, 7) is 1.22. The molecular weight excluding hydrogens is 454 g/mol. The van der Waals surface area contributed by atoms with Gasteiger partial charge < -0.3 is 21.3 Å². The summed E-state index contributed by atoms with van der Waals surface area (Å²) in [5.74, 6) is -1.75. The number of benzene rings is 2. The van der Waals surface area contributed by atoms with E-state index in [2.05, 4.69) is 15.3 Å². The van der Waals surface area contributed by atoms with Crippen LogP contribution in [0.1, 0.15) is 64.8 Å². The van der Waals surface area contributed by atoms with E-state index < -0.39 is 30.2 Å². The highest BCUT2D eigenvalue weighted by molar-refractivity contribution is 5.95. The molecule has 7 nitrogen and oxygen atoms in total. The Labute approximate surface area is 202 Å². The molecule has 1 heterocycles. The molecule has 1 aliphatic rings. The smallest absolute Gasteiger partial charge is 0.254 e. The molecule has 3 aromatic rings. The van der Waals surface area contributed by atoms with Crippen LogP contribution in [0.5, 0.6) is 0 Å². The van der Waals surface area contributed by atoms with Crippen molar-refractivity contribution < 1.29 is 23.8 Å². The number of carbonyl (C=O) groups is 1. The van der Waals surface area contributed by atoms with E-state index >= 15 is 4.39 Å². The van der Waals surface area contributed by atoms with Crippen molar-refractivity contribution in [2.24, 2.45) is 0 Å². The van der Waals surface area contributed by atoms with Crippen LogP contribution in [0.2, 0.25) is 0 Å². The van der Waals surface area contributed by atoms with Gasteiger partial charge in [0.15, 0.2) is 0 Å². The Hall–Kier alpha value is -3.43. The van der Waals surface area contributed by atoms with Gasteiger partial charge in [0, 0.05) is 11.5 Å². The fraction of sp³-hybridized carbons (Fsp3) is 0.346. The first kappa shape index (κ1) is 24.7. The van der Waals surface area contributed by atoms with E-state index in [-0.39, 0.29) is 23.4 Å². The van der Waals surface area contributed by atoms with Gasteiger partial charge in [-0.1, -0.05) is 12.1 Å². The van der Waals surface area contributed by atoms with Crippen molar-refractivity contribution in [1.29, 1.82) is 0 Å². The number of aliphatic hydroxyl groups excluding tert-OH is 2. The predicted molar refractivity (Wildman–Crippen MR) is 127 cm³/mol. The van der Waals surface area contributed by atoms with Gasteiger partial charge in [0.05, 0.1) is 36.2 Å². The molecule has 1 aliphatic carbocycles. The highest BCUT2D eigenvalue weighted by Gasteiger charge is 2.24. The minimum absolute atomic E-state index is 0.141. The Morgan fingerprint density at radius 3 is 2.57 bits per heavy atom. The quantitative estimate of drug-likeness (QED) is 0.424. The largest absolute Gasteiger partial charge is 0.394 e. The molecule has 2 aromatic carbocycles. The molecule has 1 saturated carbocycles. The molecule has 4 rings (SSSR count). The molecular formula is C26H28F2N4O3. The van der Waals surface area contributed by atoms with Crippen LogP contribution in [0.4, 0.5) is 14.6 Å². The third kappa shape index (κ3) is 5.63. The second kappa shape index (κ2) is 10.5. The normalized spacial score (nSPS) is 18.8. The zero-order valence-corrected chi connectivity index (χ0v) is 19.3. The number of halogens is 2. The fourth-order valence-electron chi connectivity index (χ4n) is 4.48. The minimum atomic E-state index is -0.900. The van der Waals surface area contributed by atoms with Crippen molar-refractivity contribution >= 4 is 11.7 Å². The van der Waals surface area contributed by atoms with E-state index in [0.717, 1.165) is 18.5 Å². The van der Waals surface area contributed by atoms with Crippen molar-refractivity contribution in [3.05, 3.63) is 76.6 Å². The number of nitrogen functional groups attached to an aromatic ring is 1. The summed E-state index contributed by atoms with van der Waals surface area (Å²) in [6, 6.07) is 7.32. The molecule has 1 atom stereocenters. The molecule has 184 valence electrons. The fourth-order valence-corrected chi connectivity index (χ4v) is 4.48. The Kier molecular flexibility index (Phi) is 7.37. The first-order valence-corrected chi connectivity index (χ1v) is 11.5. The zero-order valence-electron chi connectivity index (χ0n) is 19.3. The number of amides is 1. The molecule has 5 N–H and O–H groups in total. The van der Waals surface area contributed by atoms with Crippen LogP contribution < -0.4 is 11.1 Å². The summed E-state index contributed by atoms with van der Waals surface area (Å²) >= 11 is 0. The number of hydrogen-bond acceptors (Lipinski definition) is 6. The van der Waals surface area contributed by atoms with E-state index in [1.54, 1.807) is 19.2 Å². The van der Waals surface area contributed by atoms with Crippen molar-refractivity contribution in [3.8, 4) is 11.3 Å². The maximum Gasteiger partial charge on any atom is 0.254 e. The average molecular weight is 483 g/mol. The van der Waals surface area contributed by atoms with Crippen molar-refractivity contribution in [2.75, 3.05) is 12.3 Å². The Bertz CT molecular complexity index is 1210. The number of aromatic nitrogens is 2. The van der Waals surface area contributed by atoms with Gasteiger partial charge in [0.1, 0.15) is 23.1 Å². The number of nitrogens with two attached hydrogens (primary N) is 1. The van der Waals surface area contributed by atoms with Gasteiger partial charge in [-0.3, -0.25) is 4.79 Å². The van der Waals surface area contributed by atoms with Gasteiger partial charge in [-0.2, -0.15) is 0 Å². The van der Waals surface area contributed by atoms with Gasteiger partial charge in [-0.15, -0.1) is 0 Å². The summed E-state index contributed by atoms with van der Waals surface area (Å²) in [5, 5.41) is 22.0. The third-order valence-corrected chi connectivity index (χ3v) is 6.38. The van der Waals surface area contributed by atoms with Gasteiger partial charge >= 0.3 is 0 Å². The van der Waals surface area contributed by atoms with E-state index in [1.807, 2.05) is 0 Å². The lowest BCUT2D eigenvalue weighted by atomic mass is 9.85.